The lowest BCUT2D eigenvalue weighted by Gasteiger charge is -2.12. The molecule has 0 aromatic heterocycles. The second kappa shape index (κ2) is 7.35. The molecule has 0 fully saturated rings. The molecule has 0 bridgehead atoms. The summed E-state index contributed by atoms with van der Waals surface area (Å²) in [5.74, 6) is -3.84. The second-order valence-corrected chi connectivity index (χ2v) is 4.84. The number of carboxylic acids is 1. The number of carbonyl (C=O) groups excluding carboxylic acids is 2. The van der Waals surface area contributed by atoms with Crippen molar-refractivity contribution in [3.63, 3.8) is 0 Å². The van der Waals surface area contributed by atoms with Gasteiger partial charge < -0.3 is 9.84 Å². The minimum Gasteiger partial charge on any atom is -0.480 e. The highest BCUT2D eigenvalue weighted by Gasteiger charge is 2.30. The highest BCUT2D eigenvalue weighted by Crippen LogP contribution is 2.21. The van der Waals surface area contributed by atoms with Gasteiger partial charge in [0.05, 0.1) is 6.61 Å². The highest BCUT2D eigenvalue weighted by atomic mass is 16.5. The van der Waals surface area contributed by atoms with E-state index in [9.17, 15) is 19.5 Å². The number of ether oxygens (including phenoxy) is 1. The molecule has 1 unspecified atom stereocenters. The van der Waals surface area contributed by atoms with Gasteiger partial charge in [-0.05, 0) is 18.6 Å². The summed E-state index contributed by atoms with van der Waals surface area (Å²) < 4.78 is 4.80. The van der Waals surface area contributed by atoms with E-state index in [1.54, 1.807) is 49.4 Å². The quantitative estimate of drug-likeness (QED) is 0.504. The predicted octanol–water partition coefficient (Wildman–Crippen LogP) is 2.65. The molecule has 0 radical (unpaired) electrons. The fourth-order valence-electron chi connectivity index (χ4n) is 2.22. The SMILES string of the molecule is CCOC(=O)C(C(=O)O)c1cccc(C(=O)c2ccccc2)c1. The lowest BCUT2D eigenvalue weighted by molar-refractivity contribution is -0.153. The number of rotatable bonds is 6. The van der Waals surface area contributed by atoms with Crippen LogP contribution in [0.2, 0.25) is 0 Å². The summed E-state index contributed by atoms with van der Waals surface area (Å²) in [6.07, 6.45) is 0. The largest absolute Gasteiger partial charge is 0.480 e. The molecule has 23 heavy (non-hydrogen) atoms. The van der Waals surface area contributed by atoms with Gasteiger partial charge in [-0.1, -0.05) is 48.5 Å². The van der Waals surface area contributed by atoms with Gasteiger partial charge in [-0.3, -0.25) is 14.4 Å². The van der Waals surface area contributed by atoms with E-state index in [4.69, 9.17) is 4.74 Å². The van der Waals surface area contributed by atoms with Crippen molar-refractivity contribution in [2.24, 2.45) is 0 Å². The van der Waals surface area contributed by atoms with E-state index in [0.29, 0.717) is 11.1 Å². The number of ketones is 1. The van der Waals surface area contributed by atoms with Crippen LogP contribution in [0.4, 0.5) is 0 Å². The molecule has 0 aliphatic rings. The van der Waals surface area contributed by atoms with Crippen LogP contribution in [0.15, 0.2) is 54.6 Å². The van der Waals surface area contributed by atoms with Gasteiger partial charge in [-0.15, -0.1) is 0 Å². The van der Waals surface area contributed by atoms with Crippen molar-refractivity contribution in [3.8, 4) is 0 Å². The summed E-state index contributed by atoms with van der Waals surface area (Å²) in [7, 11) is 0. The molecule has 1 atom stereocenters. The maximum Gasteiger partial charge on any atom is 0.324 e. The van der Waals surface area contributed by atoms with E-state index in [2.05, 4.69) is 0 Å². The number of benzene rings is 2. The summed E-state index contributed by atoms with van der Waals surface area (Å²) in [4.78, 5) is 35.7. The summed E-state index contributed by atoms with van der Waals surface area (Å²) in [6.45, 7) is 1.69. The molecule has 1 N–H and O–H groups in total. The molecule has 5 nitrogen and oxygen atoms in total. The molecule has 0 aliphatic carbocycles. The number of carboxylic acid groups (broad SMARTS) is 1. The first-order valence-electron chi connectivity index (χ1n) is 7.13. The third kappa shape index (κ3) is 3.83. The molecule has 118 valence electrons. The average molecular weight is 312 g/mol. The van der Waals surface area contributed by atoms with Gasteiger partial charge in [0.1, 0.15) is 0 Å². The molecule has 0 heterocycles. The van der Waals surface area contributed by atoms with Crippen LogP contribution < -0.4 is 0 Å². The summed E-state index contributed by atoms with van der Waals surface area (Å²) >= 11 is 0. The Bertz CT molecular complexity index is 721. The van der Waals surface area contributed by atoms with Crippen LogP contribution in [-0.2, 0) is 14.3 Å². The molecule has 0 amide bonds. The van der Waals surface area contributed by atoms with Crippen LogP contribution in [-0.4, -0.2) is 29.4 Å². The maximum atomic E-state index is 12.4. The zero-order chi connectivity index (χ0) is 16.8. The van der Waals surface area contributed by atoms with Gasteiger partial charge in [-0.2, -0.15) is 0 Å². The van der Waals surface area contributed by atoms with Gasteiger partial charge in [0.2, 0.25) is 0 Å². The molecule has 2 aromatic rings. The number of hydrogen-bond acceptors (Lipinski definition) is 4. The van der Waals surface area contributed by atoms with Crippen molar-refractivity contribution in [2.45, 2.75) is 12.8 Å². The number of esters is 1. The molecule has 0 aliphatic heterocycles. The normalized spacial score (nSPS) is 11.5. The van der Waals surface area contributed by atoms with E-state index in [-0.39, 0.29) is 18.0 Å². The maximum absolute atomic E-state index is 12.4. The van der Waals surface area contributed by atoms with Gasteiger partial charge in [0, 0.05) is 11.1 Å². The van der Waals surface area contributed by atoms with E-state index in [1.165, 1.54) is 12.1 Å². The van der Waals surface area contributed by atoms with Crippen molar-refractivity contribution in [1.29, 1.82) is 0 Å². The van der Waals surface area contributed by atoms with E-state index < -0.39 is 17.9 Å². The zero-order valence-corrected chi connectivity index (χ0v) is 12.6. The Morgan fingerprint density at radius 1 is 1.00 bits per heavy atom. The molecular weight excluding hydrogens is 296 g/mol. The first kappa shape index (κ1) is 16.4. The first-order valence-corrected chi connectivity index (χ1v) is 7.13. The third-order valence-corrected chi connectivity index (χ3v) is 3.29. The van der Waals surface area contributed by atoms with Crippen LogP contribution in [0.3, 0.4) is 0 Å². The molecule has 2 rings (SSSR count). The molecular formula is C18H16O5. The van der Waals surface area contributed by atoms with Crippen molar-refractivity contribution in [1.82, 2.24) is 0 Å². The molecule has 0 spiro atoms. The van der Waals surface area contributed by atoms with E-state index >= 15 is 0 Å². The Hall–Kier alpha value is -2.95. The first-order chi connectivity index (χ1) is 11.0. The van der Waals surface area contributed by atoms with Crippen LogP contribution in [0.5, 0.6) is 0 Å². The zero-order valence-electron chi connectivity index (χ0n) is 12.6. The van der Waals surface area contributed by atoms with E-state index in [0.717, 1.165) is 0 Å². The van der Waals surface area contributed by atoms with Crippen molar-refractivity contribution >= 4 is 17.7 Å². The van der Waals surface area contributed by atoms with Crippen LogP contribution >= 0.6 is 0 Å². The number of carbonyl (C=O) groups is 3. The minimum atomic E-state index is -1.45. The molecule has 0 saturated carbocycles. The Morgan fingerprint density at radius 3 is 2.26 bits per heavy atom. The molecule has 0 saturated heterocycles. The fourth-order valence-corrected chi connectivity index (χ4v) is 2.22. The second-order valence-electron chi connectivity index (χ2n) is 4.84. The van der Waals surface area contributed by atoms with Crippen LogP contribution in [0.25, 0.3) is 0 Å². The van der Waals surface area contributed by atoms with Crippen molar-refractivity contribution in [3.05, 3.63) is 71.3 Å². The number of aliphatic carboxylic acids is 1. The summed E-state index contributed by atoms with van der Waals surface area (Å²) in [5, 5.41) is 9.28. The van der Waals surface area contributed by atoms with Crippen LogP contribution in [0, 0.1) is 0 Å². The van der Waals surface area contributed by atoms with Crippen LogP contribution in [0.1, 0.15) is 34.3 Å². The Balaban J connectivity index is 2.37. The van der Waals surface area contributed by atoms with Crippen molar-refractivity contribution < 1.29 is 24.2 Å². The van der Waals surface area contributed by atoms with Gasteiger partial charge >= 0.3 is 11.9 Å². The lowest BCUT2D eigenvalue weighted by Crippen LogP contribution is -2.24. The number of hydrogen-bond donors (Lipinski definition) is 1. The lowest BCUT2D eigenvalue weighted by atomic mass is 9.94. The van der Waals surface area contributed by atoms with Crippen molar-refractivity contribution in [2.75, 3.05) is 6.61 Å². The Morgan fingerprint density at radius 2 is 1.65 bits per heavy atom. The molecule has 5 heteroatoms. The van der Waals surface area contributed by atoms with E-state index in [1.807, 2.05) is 0 Å². The Labute approximate surface area is 133 Å². The van der Waals surface area contributed by atoms with Gasteiger partial charge in [0.15, 0.2) is 11.7 Å². The fraction of sp³-hybridized carbons (Fsp3) is 0.167. The Kier molecular flexibility index (Phi) is 5.25. The summed E-state index contributed by atoms with van der Waals surface area (Å²) in [5.41, 5.74) is 1.04. The van der Waals surface area contributed by atoms with Gasteiger partial charge in [0.25, 0.3) is 0 Å². The molecule has 2 aromatic carbocycles. The van der Waals surface area contributed by atoms with Gasteiger partial charge in [-0.25, -0.2) is 0 Å². The monoisotopic (exact) mass is 312 g/mol. The smallest absolute Gasteiger partial charge is 0.324 e. The average Bonchev–Trinajstić information content (AvgIpc) is 2.55. The predicted molar refractivity (Wildman–Crippen MR) is 83.3 cm³/mol. The summed E-state index contributed by atoms with van der Waals surface area (Å²) in [6, 6.07) is 14.7. The minimum absolute atomic E-state index is 0.0885. The topological polar surface area (TPSA) is 80.7 Å². The standard InChI is InChI=1S/C18H16O5/c1-2-23-18(22)15(17(20)21)13-9-6-10-14(11-13)16(19)12-7-4-3-5-8-12/h3-11,15H,2H2,1H3,(H,20,21). The third-order valence-electron chi connectivity index (χ3n) is 3.29. The highest BCUT2D eigenvalue weighted by molar-refractivity contribution is 6.09.